The number of hydrogen-bond acceptors (Lipinski definition) is 5. The molecule has 2 aromatic carbocycles. The average Bonchev–Trinajstić information content (AvgIpc) is 2.93. The second kappa shape index (κ2) is 14.2. The predicted octanol–water partition coefficient (Wildman–Crippen LogP) is 7.62. The Morgan fingerprint density at radius 1 is 1.18 bits per heavy atom. The summed E-state index contributed by atoms with van der Waals surface area (Å²) in [5.41, 5.74) is 3.83. The number of carbonyl (C=O) groups is 1. The van der Waals surface area contributed by atoms with Crippen LogP contribution < -0.4 is 9.64 Å². The van der Waals surface area contributed by atoms with Crippen molar-refractivity contribution in [2.45, 2.75) is 78.4 Å². The second-order valence-electron chi connectivity index (χ2n) is 11.5. The number of aryl methyl sites for hydroxylation is 1. The van der Waals surface area contributed by atoms with Gasteiger partial charge in [-0.25, -0.2) is 4.79 Å². The van der Waals surface area contributed by atoms with Crippen molar-refractivity contribution in [1.29, 1.82) is 0 Å². The van der Waals surface area contributed by atoms with Gasteiger partial charge >= 0.3 is 5.97 Å². The summed E-state index contributed by atoms with van der Waals surface area (Å²) in [6.07, 6.45) is 10.9. The predicted molar refractivity (Wildman–Crippen MR) is 159 cm³/mol. The average molecular weight is 554 g/mol. The molecular weight excluding hydrogens is 510 g/mol. The fourth-order valence-corrected chi connectivity index (χ4v) is 5.68. The highest BCUT2D eigenvalue weighted by Crippen LogP contribution is 2.41. The van der Waals surface area contributed by atoms with Crippen LogP contribution in [0.15, 0.2) is 48.6 Å². The van der Waals surface area contributed by atoms with Crippen LogP contribution in [0.1, 0.15) is 80.8 Å². The fraction of sp³-hybridized carbons (Fsp3) is 0.545. The first-order valence-corrected chi connectivity index (χ1v) is 15.0. The molecule has 0 amide bonds. The number of carbonyl (C=O) groups excluding carboxylic acids is 1. The summed E-state index contributed by atoms with van der Waals surface area (Å²) in [4.78, 5) is 15.3. The summed E-state index contributed by atoms with van der Waals surface area (Å²) in [5.74, 6) is 1.37. The Balaban J connectivity index is 1.61. The Morgan fingerprint density at radius 3 is 2.77 bits per heavy atom. The molecule has 1 aliphatic heterocycles. The third-order valence-electron chi connectivity index (χ3n) is 7.92. The zero-order chi connectivity index (χ0) is 27.8. The molecule has 0 unspecified atom stereocenters. The first-order valence-electron chi connectivity index (χ1n) is 14.7. The first-order chi connectivity index (χ1) is 18.9. The maximum atomic E-state index is 12.9. The van der Waals surface area contributed by atoms with Gasteiger partial charge in [0.15, 0.2) is 0 Å². The van der Waals surface area contributed by atoms with Crippen LogP contribution in [0.4, 0.5) is 5.69 Å². The molecule has 2 aliphatic rings. The lowest BCUT2D eigenvalue weighted by atomic mass is 9.70. The summed E-state index contributed by atoms with van der Waals surface area (Å²) >= 11 is 6.31. The molecule has 5 nitrogen and oxygen atoms in total. The topological polar surface area (TPSA) is 59.0 Å². The van der Waals surface area contributed by atoms with Crippen molar-refractivity contribution in [2.24, 2.45) is 17.8 Å². The van der Waals surface area contributed by atoms with Crippen LogP contribution in [-0.2, 0) is 17.8 Å². The highest BCUT2D eigenvalue weighted by Gasteiger charge is 2.36. The molecule has 4 rings (SSSR count). The number of nitrogens with zero attached hydrogens (tertiary/aromatic N) is 1. The lowest BCUT2D eigenvalue weighted by Crippen LogP contribution is -2.43. The minimum Gasteiger partial charge on any atom is -0.487 e. The van der Waals surface area contributed by atoms with Crippen LogP contribution >= 0.6 is 11.6 Å². The molecular formula is C33H44ClNO4. The van der Waals surface area contributed by atoms with Gasteiger partial charge in [0.25, 0.3) is 0 Å². The number of aliphatic hydroxyl groups excluding tert-OH is 1. The maximum absolute atomic E-state index is 12.9. The number of esters is 1. The number of benzene rings is 2. The van der Waals surface area contributed by atoms with Gasteiger partial charge in [0.2, 0.25) is 0 Å². The van der Waals surface area contributed by atoms with Gasteiger partial charge in [-0.3, -0.25) is 0 Å². The van der Waals surface area contributed by atoms with Crippen molar-refractivity contribution in [3.63, 3.8) is 0 Å². The molecule has 1 fully saturated rings. The Labute approximate surface area is 239 Å². The van der Waals surface area contributed by atoms with Crippen molar-refractivity contribution in [3.05, 3.63) is 70.3 Å². The van der Waals surface area contributed by atoms with Crippen molar-refractivity contribution >= 4 is 23.3 Å². The quantitative estimate of drug-likeness (QED) is 0.256. The van der Waals surface area contributed by atoms with E-state index < -0.39 is 6.10 Å². The van der Waals surface area contributed by atoms with Crippen molar-refractivity contribution in [3.8, 4) is 5.75 Å². The highest BCUT2D eigenvalue weighted by atomic mass is 35.5. The van der Waals surface area contributed by atoms with E-state index >= 15 is 0 Å². The van der Waals surface area contributed by atoms with Gasteiger partial charge in [-0.1, -0.05) is 57.0 Å². The van der Waals surface area contributed by atoms with Crippen LogP contribution in [0.3, 0.4) is 0 Å². The Bertz CT molecular complexity index is 1130. The van der Waals surface area contributed by atoms with Crippen molar-refractivity contribution in [1.82, 2.24) is 0 Å². The second-order valence-corrected chi connectivity index (χ2v) is 11.9. The minimum atomic E-state index is -0.411. The molecule has 0 radical (unpaired) electrons. The molecule has 1 heterocycles. The van der Waals surface area contributed by atoms with Crippen molar-refractivity contribution < 1.29 is 19.4 Å². The van der Waals surface area contributed by atoms with Gasteiger partial charge in [-0.15, -0.1) is 0 Å². The number of rotatable bonds is 9. The van der Waals surface area contributed by atoms with E-state index in [1.165, 1.54) is 5.56 Å². The molecule has 0 bridgehead atoms. The Morgan fingerprint density at radius 2 is 2.03 bits per heavy atom. The van der Waals surface area contributed by atoms with Crippen LogP contribution in [0, 0.1) is 17.8 Å². The van der Waals surface area contributed by atoms with Gasteiger partial charge in [-0.2, -0.15) is 0 Å². The van der Waals surface area contributed by atoms with Crippen LogP contribution in [0.25, 0.3) is 0 Å². The van der Waals surface area contributed by atoms with E-state index in [1.807, 2.05) is 38.1 Å². The van der Waals surface area contributed by atoms with E-state index in [9.17, 15) is 9.90 Å². The number of allylic oxidation sites excluding steroid dienone is 1. The molecule has 0 spiro atoms. The molecule has 39 heavy (non-hydrogen) atoms. The summed E-state index contributed by atoms with van der Waals surface area (Å²) in [6, 6.07) is 11.7. The molecule has 0 saturated heterocycles. The van der Waals surface area contributed by atoms with E-state index in [0.717, 1.165) is 80.1 Å². The first kappa shape index (κ1) is 29.5. The van der Waals surface area contributed by atoms with E-state index in [0.29, 0.717) is 24.7 Å². The summed E-state index contributed by atoms with van der Waals surface area (Å²) in [5, 5.41) is 11.6. The fourth-order valence-electron chi connectivity index (χ4n) is 5.49. The zero-order valence-electron chi connectivity index (χ0n) is 23.7. The number of halogens is 1. The standard InChI is InChI=1S/C33H44ClNO4/c1-4-5-6-10-31(36)29-15-12-26(29)20-35-17-8-7-9-24-18-28(34)14-11-27(24)22-38-32-16-13-25(19-30(32)35)33(37)39-21-23(2)3/h6,10-11,13-14,16,18-19,23,26,29,31,36H,4-5,7-9,12,15,17,20-22H2,1-3H3/b10-6+/t26-,29+,31-/m0/s1. The van der Waals surface area contributed by atoms with Gasteiger partial charge in [-0.05, 0) is 97.7 Å². The molecule has 1 saturated carbocycles. The lowest BCUT2D eigenvalue weighted by molar-refractivity contribution is 0.0459. The van der Waals surface area contributed by atoms with Gasteiger partial charge < -0.3 is 19.5 Å². The van der Waals surface area contributed by atoms with Gasteiger partial charge in [0.05, 0.1) is 24.0 Å². The zero-order valence-corrected chi connectivity index (χ0v) is 24.5. The number of unbranched alkanes of at least 4 members (excludes halogenated alkanes) is 1. The van der Waals surface area contributed by atoms with E-state index in [2.05, 4.69) is 30.0 Å². The normalized spacial score (nSPS) is 20.4. The van der Waals surface area contributed by atoms with Crippen molar-refractivity contribution in [2.75, 3.05) is 24.6 Å². The summed E-state index contributed by atoms with van der Waals surface area (Å²) in [6.45, 7) is 8.72. The molecule has 3 atom stereocenters. The molecule has 2 aromatic rings. The SMILES string of the molecule is CCC/C=C/[C@H](O)[C@@H]1CC[C@H]1CN1CCCCc2cc(Cl)ccc2COc2ccc(C(=O)OCC(C)C)cc21. The van der Waals surface area contributed by atoms with E-state index in [4.69, 9.17) is 21.1 Å². The maximum Gasteiger partial charge on any atom is 0.338 e. The largest absolute Gasteiger partial charge is 0.487 e. The number of anilines is 1. The monoisotopic (exact) mass is 553 g/mol. The van der Waals surface area contributed by atoms with Gasteiger partial charge in [0.1, 0.15) is 12.4 Å². The number of ether oxygens (including phenoxy) is 2. The van der Waals surface area contributed by atoms with E-state index in [-0.39, 0.29) is 17.8 Å². The molecule has 6 heteroatoms. The van der Waals surface area contributed by atoms with E-state index in [1.54, 1.807) is 6.07 Å². The Hall–Kier alpha value is -2.50. The third-order valence-corrected chi connectivity index (χ3v) is 8.15. The van der Waals surface area contributed by atoms with Gasteiger partial charge in [0, 0.05) is 18.1 Å². The number of aliphatic hydroxyl groups is 1. The number of hydrogen-bond donors (Lipinski definition) is 1. The molecule has 1 N–H and O–H groups in total. The highest BCUT2D eigenvalue weighted by molar-refractivity contribution is 6.30. The summed E-state index contributed by atoms with van der Waals surface area (Å²) in [7, 11) is 0. The number of fused-ring (bicyclic) bond motifs is 2. The minimum absolute atomic E-state index is 0.256. The Kier molecular flexibility index (Phi) is 10.8. The third kappa shape index (κ3) is 8.02. The van der Waals surface area contributed by atoms with Crippen LogP contribution in [0.5, 0.6) is 5.75 Å². The van der Waals surface area contributed by atoms with Crippen LogP contribution in [-0.4, -0.2) is 36.9 Å². The smallest absolute Gasteiger partial charge is 0.338 e. The van der Waals surface area contributed by atoms with Crippen LogP contribution in [0.2, 0.25) is 5.02 Å². The molecule has 212 valence electrons. The lowest BCUT2D eigenvalue weighted by Gasteiger charge is -2.42. The molecule has 0 aromatic heterocycles. The summed E-state index contributed by atoms with van der Waals surface area (Å²) < 4.78 is 12.0. The molecule has 1 aliphatic carbocycles.